The van der Waals surface area contributed by atoms with Crippen LogP contribution in [-0.2, 0) is 0 Å². The minimum absolute atomic E-state index is 0.218. The lowest BCUT2D eigenvalue weighted by molar-refractivity contribution is 0.628. The molecule has 0 aliphatic heterocycles. The number of benzene rings is 2. The fourth-order valence-corrected chi connectivity index (χ4v) is 3.74. The highest BCUT2D eigenvalue weighted by Crippen LogP contribution is 2.37. The first kappa shape index (κ1) is 17.6. The molecule has 29 heavy (non-hydrogen) atoms. The van der Waals surface area contributed by atoms with Crippen molar-refractivity contribution in [1.29, 1.82) is 0 Å². The number of halogens is 1. The molecule has 0 aliphatic carbocycles. The maximum absolute atomic E-state index is 13.5. The summed E-state index contributed by atoms with van der Waals surface area (Å²) in [6.07, 6.45) is 3.74. The number of nitrogens with zero attached hydrogens (tertiary/aromatic N) is 4. The van der Waals surface area contributed by atoms with Crippen molar-refractivity contribution in [1.82, 2.24) is 24.8 Å². The zero-order chi connectivity index (χ0) is 20.1. The molecule has 0 atom stereocenters. The summed E-state index contributed by atoms with van der Waals surface area (Å²) in [4.78, 5) is 4.84. The van der Waals surface area contributed by atoms with E-state index in [2.05, 4.69) is 48.2 Å². The summed E-state index contributed by atoms with van der Waals surface area (Å²) in [7, 11) is 0. The van der Waals surface area contributed by atoms with Crippen molar-refractivity contribution in [2.24, 2.45) is 0 Å². The van der Waals surface area contributed by atoms with Crippen LogP contribution in [0.2, 0.25) is 0 Å². The number of pyridine rings is 1. The van der Waals surface area contributed by atoms with Crippen molar-refractivity contribution < 1.29 is 4.39 Å². The van der Waals surface area contributed by atoms with Crippen LogP contribution in [0.15, 0.2) is 54.9 Å². The third-order valence-corrected chi connectivity index (χ3v) is 5.23. The molecule has 6 heteroatoms. The number of rotatable bonds is 3. The van der Waals surface area contributed by atoms with Gasteiger partial charge in [-0.15, -0.1) is 0 Å². The monoisotopic (exact) mass is 385 g/mol. The predicted molar refractivity (Wildman–Crippen MR) is 112 cm³/mol. The van der Waals surface area contributed by atoms with E-state index in [1.54, 1.807) is 12.1 Å². The van der Waals surface area contributed by atoms with Crippen LogP contribution in [0.1, 0.15) is 31.2 Å². The predicted octanol–water partition coefficient (Wildman–Crippen LogP) is 5.51. The van der Waals surface area contributed by atoms with Gasteiger partial charge in [-0.1, -0.05) is 26.0 Å². The number of aryl methyl sites for hydroxylation is 1. The Labute approximate surface area is 167 Å². The van der Waals surface area contributed by atoms with E-state index in [9.17, 15) is 4.39 Å². The normalized spacial score (nSPS) is 11.8. The number of hydrogen-bond donors (Lipinski definition) is 1. The van der Waals surface area contributed by atoms with E-state index in [0.717, 1.165) is 50.2 Å². The van der Waals surface area contributed by atoms with Gasteiger partial charge in [-0.3, -0.25) is 5.10 Å². The molecule has 3 aromatic heterocycles. The minimum Gasteiger partial charge on any atom is -0.278 e. The largest absolute Gasteiger partial charge is 0.278 e. The zero-order valence-electron chi connectivity index (χ0n) is 16.4. The number of aromatic nitrogens is 5. The van der Waals surface area contributed by atoms with Crippen LogP contribution < -0.4 is 0 Å². The molecular weight excluding hydrogens is 365 g/mol. The van der Waals surface area contributed by atoms with E-state index >= 15 is 0 Å². The molecule has 0 saturated carbocycles. The molecular formula is C23H20FN5. The summed E-state index contributed by atoms with van der Waals surface area (Å²) in [5.41, 5.74) is 6.84. The standard InChI is InChI=1S/C23H20FN5/c1-13(2)22-26-23-20(16-10-14(3)21-17(11-16)12-25-27-21)19(8-9-29(23)28-22)15-4-6-18(24)7-5-15/h4-13H,1-3H3,(H,25,27). The van der Waals surface area contributed by atoms with Gasteiger partial charge in [0.2, 0.25) is 0 Å². The quantitative estimate of drug-likeness (QED) is 0.445. The Kier molecular flexibility index (Phi) is 3.94. The number of fused-ring (bicyclic) bond motifs is 2. The molecule has 2 aromatic carbocycles. The van der Waals surface area contributed by atoms with Gasteiger partial charge in [-0.25, -0.2) is 13.9 Å². The second kappa shape index (κ2) is 6.51. The van der Waals surface area contributed by atoms with Crippen LogP contribution in [0.5, 0.6) is 0 Å². The van der Waals surface area contributed by atoms with Crippen molar-refractivity contribution in [2.75, 3.05) is 0 Å². The molecule has 1 N–H and O–H groups in total. The minimum atomic E-state index is -0.253. The summed E-state index contributed by atoms with van der Waals surface area (Å²) in [5.74, 6) is 0.760. The van der Waals surface area contributed by atoms with Gasteiger partial charge in [0.25, 0.3) is 0 Å². The van der Waals surface area contributed by atoms with Crippen LogP contribution in [0.4, 0.5) is 4.39 Å². The number of aromatic amines is 1. The first-order chi connectivity index (χ1) is 14.0. The first-order valence-corrected chi connectivity index (χ1v) is 9.60. The Bertz CT molecular complexity index is 1350. The van der Waals surface area contributed by atoms with Crippen molar-refractivity contribution in [2.45, 2.75) is 26.7 Å². The van der Waals surface area contributed by atoms with E-state index in [0.29, 0.717) is 0 Å². The second-order valence-electron chi connectivity index (χ2n) is 7.63. The van der Waals surface area contributed by atoms with E-state index < -0.39 is 0 Å². The van der Waals surface area contributed by atoms with Crippen molar-refractivity contribution in [3.05, 3.63) is 72.1 Å². The second-order valence-corrected chi connectivity index (χ2v) is 7.63. The molecule has 0 spiro atoms. The fourth-order valence-electron chi connectivity index (χ4n) is 3.74. The molecule has 0 aliphatic rings. The Morgan fingerprint density at radius 1 is 1.03 bits per heavy atom. The van der Waals surface area contributed by atoms with Gasteiger partial charge in [-0.2, -0.15) is 10.2 Å². The van der Waals surface area contributed by atoms with Gasteiger partial charge in [0.15, 0.2) is 11.5 Å². The zero-order valence-corrected chi connectivity index (χ0v) is 16.4. The van der Waals surface area contributed by atoms with E-state index in [1.165, 1.54) is 12.1 Å². The number of H-pyrrole nitrogens is 1. The molecule has 5 rings (SSSR count). The molecule has 5 nitrogen and oxygen atoms in total. The van der Waals surface area contributed by atoms with Crippen LogP contribution in [0, 0.1) is 12.7 Å². The average molecular weight is 385 g/mol. The van der Waals surface area contributed by atoms with E-state index in [4.69, 9.17) is 4.98 Å². The maximum atomic E-state index is 13.5. The van der Waals surface area contributed by atoms with Crippen LogP contribution in [-0.4, -0.2) is 24.8 Å². The highest BCUT2D eigenvalue weighted by Gasteiger charge is 2.18. The van der Waals surface area contributed by atoms with Crippen molar-refractivity contribution >= 4 is 16.6 Å². The average Bonchev–Trinajstić information content (AvgIpc) is 3.35. The van der Waals surface area contributed by atoms with E-state index in [1.807, 2.05) is 23.0 Å². The smallest absolute Gasteiger partial charge is 0.164 e. The summed E-state index contributed by atoms with van der Waals surface area (Å²) in [6.45, 7) is 6.22. The number of hydrogen-bond acceptors (Lipinski definition) is 3. The fraction of sp³-hybridized carbons (Fsp3) is 0.174. The van der Waals surface area contributed by atoms with Gasteiger partial charge in [-0.05, 0) is 59.5 Å². The van der Waals surface area contributed by atoms with Gasteiger partial charge in [0.1, 0.15) is 5.82 Å². The van der Waals surface area contributed by atoms with Crippen molar-refractivity contribution in [3.63, 3.8) is 0 Å². The topological polar surface area (TPSA) is 58.9 Å². The van der Waals surface area contributed by atoms with Gasteiger partial charge < -0.3 is 0 Å². The Morgan fingerprint density at radius 2 is 1.83 bits per heavy atom. The van der Waals surface area contributed by atoms with Gasteiger partial charge in [0, 0.05) is 23.1 Å². The molecule has 0 radical (unpaired) electrons. The van der Waals surface area contributed by atoms with Gasteiger partial charge in [0.05, 0.1) is 11.7 Å². The highest BCUT2D eigenvalue weighted by molar-refractivity contribution is 5.96. The summed E-state index contributed by atoms with van der Waals surface area (Å²) >= 11 is 0. The van der Waals surface area contributed by atoms with Gasteiger partial charge >= 0.3 is 0 Å². The van der Waals surface area contributed by atoms with Crippen LogP contribution in [0.25, 0.3) is 38.8 Å². The Morgan fingerprint density at radius 3 is 2.59 bits per heavy atom. The lowest BCUT2D eigenvalue weighted by Crippen LogP contribution is -1.95. The first-order valence-electron chi connectivity index (χ1n) is 9.60. The molecule has 144 valence electrons. The summed E-state index contributed by atoms with van der Waals surface area (Å²) in [6, 6.07) is 12.8. The molecule has 3 heterocycles. The third-order valence-electron chi connectivity index (χ3n) is 5.23. The molecule has 0 saturated heterocycles. The molecule has 0 amide bonds. The molecule has 0 fully saturated rings. The van der Waals surface area contributed by atoms with Crippen LogP contribution in [0.3, 0.4) is 0 Å². The third kappa shape index (κ3) is 2.88. The Hall–Kier alpha value is -3.54. The molecule has 0 bridgehead atoms. The SMILES string of the molecule is Cc1cc(-c2c(-c3ccc(F)cc3)ccn3nc(C(C)C)nc23)cc2cn[nH]c12. The lowest BCUT2D eigenvalue weighted by atomic mass is 9.94. The highest BCUT2D eigenvalue weighted by atomic mass is 19.1. The number of nitrogens with one attached hydrogen (secondary N) is 1. The molecule has 0 unspecified atom stereocenters. The van der Waals surface area contributed by atoms with E-state index in [-0.39, 0.29) is 11.7 Å². The lowest BCUT2D eigenvalue weighted by Gasteiger charge is -2.12. The maximum Gasteiger partial charge on any atom is 0.164 e. The summed E-state index contributed by atoms with van der Waals surface area (Å²) < 4.78 is 15.4. The van der Waals surface area contributed by atoms with Crippen LogP contribution >= 0.6 is 0 Å². The Balaban J connectivity index is 1.86. The molecule has 5 aromatic rings. The summed E-state index contributed by atoms with van der Waals surface area (Å²) in [5, 5.41) is 12.9. The van der Waals surface area contributed by atoms with Crippen molar-refractivity contribution in [3.8, 4) is 22.3 Å².